The number of aliphatic hydroxyl groups excluding tert-OH is 2. The highest BCUT2D eigenvalue weighted by Gasteiger charge is 2.48. The third-order valence-electron chi connectivity index (χ3n) is 12.6. The molecule has 0 saturated heterocycles. The molecule has 6 N–H and O–H groups in total. The van der Waals surface area contributed by atoms with Gasteiger partial charge in [-0.05, 0) is 133 Å². The Hall–Kier alpha value is -4.78. The zero-order valence-corrected chi connectivity index (χ0v) is 36.3. The maximum atomic E-state index is 13.4. The van der Waals surface area contributed by atoms with Crippen molar-refractivity contribution in [2.75, 3.05) is 0 Å². The van der Waals surface area contributed by atoms with Gasteiger partial charge in [0.1, 0.15) is 23.2 Å². The van der Waals surface area contributed by atoms with Gasteiger partial charge >= 0.3 is 7.12 Å². The van der Waals surface area contributed by atoms with Crippen LogP contribution in [0.2, 0.25) is 0 Å². The van der Waals surface area contributed by atoms with Gasteiger partial charge in [0.05, 0.1) is 22.2 Å². The quantitative estimate of drug-likeness (QED) is 0.107. The average Bonchev–Trinajstić information content (AvgIpc) is 3.61. The number of hydrogen-bond donors (Lipinski definition) is 6. The van der Waals surface area contributed by atoms with Crippen molar-refractivity contribution in [2.24, 2.45) is 0 Å². The number of aliphatic hydroxyl groups is 2. The van der Waals surface area contributed by atoms with E-state index in [1.54, 1.807) is 12.1 Å². The van der Waals surface area contributed by atoms with Crippen LogP contribution in [0, 0.1) is 25.5 Å². The fourth-order valence-electron chi connectivity index (χ4n) is 9.24. The Morgan fingerprint density at radius 3 is 1.47 bits per heavy atom. The summed E-state index contributed by atoms with van der Waals surface area (Å²) in [4.78, 5) is 25.6. The number of carbonyl (C=O) groups excluding carboxylic acids is 2. The molecule has 2 aliphatic heterocycles. The first-order valence-electron chi connectivity index (χ1n) is 21.0. The molecule has 0 unspecified atom stereocenters. The highest BCUT2D eigenvalue weighted by Crippen LogP contribution is 2.45. The van der Waals surface area contributed by atoms with Crippen LogP contribution in [-0.2, 0) is 22.4 Å². The molecule has 8 rings (SSSR count). The predicted molar refractivity (Wildman–Crippen MR) is 237 cm³/mol. The van der Waals surface area contributed by atoms with E-state index in [9.17, 15) is 28.6 Å². The minimum absolute atomic E-state index is 0.129. The standard InChI is InChI=1S/C24H26FNO2.C18H22BrNO2.C6H6BFO2/c1-3-16-9-12-19(17-7-10-18(25)11-8-17)15(2)20(16)21-22(27)24(26-23(21)28)13-5-4-6-14-24;1-3-12-7-8-13(19)11(2)14(12)15-16(21)18(20-17(15)22)9-5-4-6-10-18;8-6-3-1-5(2-4-6)7(9)10/h7-12,27H,3-6,13-14H2,1-2H3,(H,26,28);7-8,21H,3-6,9-10H2,1-2H3,(H,20,22);1-4,9-10H. The maximum Gasteiger partial charge on any atom is 0.488 e. The molecule has 316 valence electrons. The SMILES string of the molecule is CCc1ccc(-c2ccc(F)cc2)c(C)c1C1=C(O)C2(CCCCC2)NC1=O.CCc1ccc(Br)c(C)c1C1=C(O)C2(CCCCC2)NC1=O.OB(O)c1ccc(F)cc1. The van der Waals surface area contributed by atoms with E-state index in [1.807, 2.05) is 38.1 Å². The van der Waals surface area contributed by atoms with Crippen LogP contribution in [0.3, 0.4) is 0 Å². The van der Waals surface area contributed by atoms with Gasteiger partial charge in [0.15, 0.2) is 0 Å². The molecule has 0 radical (unpaired) electrons. The molecule has 2 fully saturated rings. The van der Waals surface area contributed by atoms with Crippen LogP contribution in [0.25, 0.3) is 22.3 Å². The Morgan fingerprint density at radius 1 is 0.617 bits per heavy atom. The lowest BCUT2D eigenvalue weighted by Gasteiger charge is -2.33. The van der Waals surface area contributed by atoms with Crippen molar-refractivity contribution in [2.45, 2.75) is 116 Å². The number of benzene rings is 4. The molecule has 4 aliphatic rings. The highest BCUT2D eigenvalue weighted by atomic mass is 79.9. The van der Waals surface area contributed by atoms with E-state index in [0.29, 0.717) is 16.6 Å². The van der Waals surface area contributed by atoms with Gasteiger partial charge in [-0.2, -0.15) is 0 Å². The third kappa shape index (κ3) is 8.97. The Bertz CT molecular complexity index is 2300. The van der Waals surface area contributed by atoms with Crippen molar-refractivity contribution in [3.63, 3.8) is 0 Å². The number of amides is 2. The Balaban J connectivity index is 0.000000167. The first-order valence-corrected chi connectivity index (χ1v) is 21.8. The fourth-order valence-corrected chi connectivity index (χ4v) is 9.57. The van der Waals surface area contributed by atoms with Gasteiger partial charge in [0.25, 0.3) is 11.8 Å². The van der Waals surface area contributed by atoms with Crippen LogP contribution >= 0.6 is 15.9 Å². The molecule has 12 heteroatoms. The summed E-state index contributed by atoms with van der Waals surface area (Å²) < 4.78 is 26.5. The van der Waals surface area contributed by atoms with Crippen LogP contribution in [0.5, 0.6) is 0 Å². The molecule has 0 aromatic heterocycles. The van der Waals surface area contributed by atoms with Crippen LogP contribution in [0.15, 0.2) is 88.8 Å². The molecule has 2 heterocycles. The maximum absolute atomic E-state index is 13.4. The topological polar surface area (TPSA) is 139 Å². The smallest absolute Gasteiger partial charge is 0.488 e. The van der Waals surface area contributed by atoms with Gasteiger partial charge < -0.3 is 30.9 Å². The summed E-state index contributed by atoms with van der Waals surface area (Å²) in [7, 11) is -1.51. The van der Waals surface area contributed by atoms with E-state index in [1.165, 1.54) is 42.8 Å². The number of rotatable bonds is 6. The van der Waals surface area contributed by atoms with Gasteiger partial charge in [-0.15, -0.1) is 0 Å². The third-order valence-corrected chi connectivity index (χ3v) is 13.4. The Morgan fingerprint density at radius 2 is 1.03 bits per heavy atom. The van der Waals surface area contributed by atoms with E-state index in [0.717, 1.165) is 120 Å². The summed E-state index contributed by atoms with van der Waals surface area (Å²) in [6, 6.07) is 19.5. The van der Waals surface area contributed by atoms with Crippen molar-refractivity contribution >= 4 is 51.5 Å². The average molecular weight is 884 g/mol. The molecule has 2 aliphatic carbocycles. The second-order valence-electron chi connectivity index (χ2n) is 16.3. The second-order valence-corrected chi connectivity index (χ2v) is 17.1. The lowest BCUT2D eigenvalue weighted by atomic mass is 9.79. The van der Waals surface area contributed by atoms with Gasteiger partial charge in [-0.25, -0.2) is 8.78 Å². The van der Waals surface area contributed by atoms with Gasteiger partial charge in [-0.3, -0.25) is 9.59 Å². The summed E-state index contributed by atoms with van der Waals surface area (Å²) >= 11 is 3.55. The number of carbonyl (C=O) groups is 2. The van der Waals surface area contributed by atoms with E-state index in [2.05, 4.69) is 40.4 Å². The lowest BCUT2D eigenvalue weighted by Crippen LogP contribution is -2.46. The first-order chi connectivity index (χ1) is 28.7. The molecule has 2 saturated carbocycles. The fraction of sp³-hybridized carbons (Fsp3) is 0.375. The summed E-state index contributed by atoms with van der Waals surface area (Å²) in [6.07, 6.45) is 11.3. The Kier molecular flexibility index (Phi) is 14.1. The monoisotopic (exact) mass is 882 g/mol. The summed E-state index contributed by atoms with van der Waals surface area (Å²) in [5.74, 6) is -0.519. The zero-order chi connectivity index (χ0) is 43.4. The molecule has 60 heavy (non-hydrogen) atoms. The van der Waals surface area contributed by atoms with Crippen LogP contribution in [-0.4, -0.2) is 50.3 Å². The van der Waals surface area contributed by atoms with Crippen molar-refractivity contribution in [3.8, 4) is 11.1 Å². The molecule has 2 spiro atoms. The second kappa shape index (κ2) is 18.9. The molecule has 4 aromatic rings. The summed E-state index contributed by atoms with van der Waals surface area (Å²) in [6.45, 7) is 8.11. The number of hydrogen-bond acceptors (Lipinski definition) is 6. The highest BCUT2D eigenvalue weighted by molar-refractivity contribution is 9.10. The minimum atomic E-state index is -1.51. The van der Waals surface area contributed by atoms with Crippen molar-refractivity contribution < 1.29 is 38.6 Å². The first kappa shape index (κ1) is 44.8. The van der Waals surface area contributed by atoms with E-state index in [4.69, 9.17) is 10.0 Å². The summed E-state index contributed by atoms with van der Waals surface area (Å²) in [5.41, 5.74) is 7.73. The van der Waals surface area contributed by atoms with Crippen molar-refractivity contribution in [1.29, 1.82) is 0 Å². The largest absolute Gasteiger partial charge is 0.509 e. The molecule has 4 aromatic carbocycles. The van der Waals surface area contributed by atoms with Gasteiger partial charge in [-0.1, -0.05) is 111 Å². The molecule has 2 amide bonds. The van der Waals surface area contributed by atoms with E-state index in [-0.39, 0.29) is 35.0 Å². The normalized spacial score (nSPS) is 17.8. The number of nitrogens with one attached hydrogen (secondary N) is 2. The Labute approximate surface area is 360 Å². The number of halogens is 3. The van der Waals surface area contributed by atoms with Crippen LogP contribution < -0.4 is 16.1 Å². The van der Waals surface area contributed by atoms with Crippen LogP contribution in [0.4, 0.5) is 8.78 Å². The van der Waals surface area contributed by atoms with Gasteiger partial charge in [0.2, 0.25) is 0 Å². The van der Waals surface area contributed by atoms with Gasteiger partial charge in [0, 0.05) is 4.47 Å². The predicted octanol–water partition coefficient (Wildman–Crippen LogP) is 9.39. The minimum Gasteiger partial charge on any atom is -0.509 e. The van der Waals surface area contributed by atoms with E-state index < -0.39 is 18.2 Å². The van der Waals surface area contributed by atoms with E-state index >= 15 is 0 Å². The lowest BCUT2D eigenvalue weighted by molar-refractivity contribution is -0.117. The molecular weight excluding hydrogens is 829 g/mol. The number of aryl methyl sites for hydroxylation is 2. The zero-order valence-electron chi connectivity index (χ0n) is 34.7. The van der Waals surface area contributed by atoms with Crippen molar-refractivity contribution in [1.82, 2.24) is 10.6 Å². The van der Waals surface area contributed by atoms with Crippen LogP contribution in [0.1, 0.15) is 111 Å². The van der Waals surface area contributed by atoms with Crippen molar-refractivity contribution in [3.05, 3.63) is 134 Å². The summed E-state index contributed by atoms with van der Waals surface area (Å²) in [5, 5.41) is 45.4. The molecule has 0 atom stereocenters. The molecule has 8 nitrogen and oxygen atoms in total. The molecule has 0 bridgehead atoms. The molecular formula is C48H54BBrF2N2O6.